The average Bonchev–Trinajstić information content (AvgIpc) is 2.47. The molecule has 0 spiro atoms. The second kappa shape index (κ2) is 5.19. The minimum atomic E-state index is -0.710. The van der Waals surface area contributed by atoms with Gasteiger partial charge in [0.05, 0.1) is 21.7 Å². The molecule has 2 aromatic rings. The number of nitrogens with two attached hydrogens (primary N) is 2. The Morgan fingerprint density at radius 1 is 1.00 bits per heavy atom. The van der Waals surface area contributed by atoms with Crippen LogP contribution in [0.4, 0.5) is 17.1 Å². The van der Waals surface area contributed by atoms with Crippen molar-refractivity contribution in [3.05, 3.63) is 51.6 Å². The highest BCUT2D eigenvalue weighted by molar-refractivity contribution is 5.94. The van der Waals surface area contributed by atoms with Crippen molar-refractivity contribution >= 4 is 17.1 Å². The van der Waals surface area contributed by atoms with Crippen molar-refractivity contribution in [3.8, 4) is 23.3 Å². The van der Waals surface area contributed by atoms with Crippen LogP contribution in [0.3, 0.4) is 0 Å². The molecule has 2 aromatic carbocycles. The molecule has 7 heteroatoms. The van der Waals surface area contributed by atoms with Crippen molar-refractivity contribution in [1.82, 2.24) is 0 Å². The van der Waals surface area contributed by atoms with Gasteiger partial charge in [0, 0.05) is 0 Å². The number of anilines is 2. The summed E-state index contributed by atoms with van der Waals surface area (Å²) in [5.74, 6) is 0. The molecule has 4 N–H and O–H groups in total. The maximum atomic E-state index is 11.3. The van der Waals surface area contributed by atoms with Gasteiger partial charge in [-0.3, -0.25) is 10.1 Å². The minimum Gasteiger partial charge on any atom is -0.396 e. The van der Waals surface area contributed by atoms with E-state index in [1.165, 1.54) is 0 Å². The van der Waals surface area contributed by atoms with Crippen LogP contribution in [0.1, 0.15) is 11.1 Å². The fourth-order valence-corrected chi connectivity index (χ4v) is 2.09. The number of hydrogen-bond acceptors (Lipinski definition) is 6. The van der Waals surface area contributed by atoms with Gasteiger partial charge in [-0.1, -0.05) is 30.3 Å². The molecule has 2 rings (SSSR count). The molecule has 102 valence electrons. The zero-order valence-corrected chi connectivity index (χ0v) is 10.7. The summed E-state index contributed by atoms with van der Waals surface area (Å²) in [6.45, 7) is 0. The Labute approximate surface area is 119 Å². The lowest BCUT2D eigenvalue weighted by Gasteiger charge is -2.12. The van der Waals surface area contributed by atoms with Crippen LogP contribution in [-0.4, -0.2) is 4.92 Å². The Hall–Kier alpha value is -3.58. The molecular weight excluding hydrogens is 270 g/mol. The van der Waals surface area contributed by atoms with Crippen molar-refractivity contribution in [3.63, 3.8) is 0 Å². The van der Waals surface area contributed by atoms with Crippen LogP contribution >= 0.6 is 0 Å². The van der Waals surface area contributed by atoms with E-state index < -0.39 is 10.6 Å². The Bertz CT molecular complexity index is 816. The van der Waals surface area contributed by atoms with Crippen molar-refractivity contribution in [1.29, 1.82) is 10.5 Å². The second-order valence-electron chi connectivity index (χ2n) is 4.15. The molecule has 0 saturated heterocycles. The largest absolute Gasteiger partial charge is 0.396 e. The number of hydrogen-bond donors (Lipinski definition) is 2. The highest BCUT2D eigenvalue weighted by Crippen LogP contribution is 2.43. The summed E-state index contributed by atoms with van der Waals surface area (Å²) >= 11 is 0. The van der Waals surface area contributed by atoms with E-state index in [4.69, 9.17) is 16.7 Å². The van der Waals surface area contributed by atoms with Gasteiger partial charge in [0.1, 0.15) is 23.4 Å². The van der Waals surface area contributed by atoms with E-state index in [9.17, 15) is 15.4 Å². The summed E-state index contributed by atoms with van der Waals surface area (Å²) in [5.41, 5.74) is 10.6. The fraction of sp³-hybridized carbons (Fsp3) is 0. The third kappa shape index (κ3) is 2.09. The topological polar surface area (TPSA) is 143 Å². The average molecular weight is 279 g/mol. The van der Waals surface area contributed by atoms with E-state index in [2.05, 4.69) is 0 Å². The molecule has 0 saturated carbocycles. The summed E-state index contributed by atoms with van der Waals surface area (Å²) in [6, 6.07) is 11.8. The summed E-state index contributed by atoms with van der Waals surface area (Å²) in [5, 5.41) is 29.6. The van der Waals surface area contributed by atoms with Gasteiger partial charge in [-0.05, 0) is 5.56 Å². The van der Waals surface area contributed by atoms with Crippen molar-refractivity contribution in [2.75, 3.05) is 11.5 Å². The van der Waals surface area contributed by atoms with Gasteiger partial charge in [-0.2, -0.15) is 10.5 Å². The van der Waals surface area contributed by atoms with E-state index in [0.717, 1.165) is 0 Å². The van der Waals surface area contributed by atoms with Crippen LogP contribution < -0.4 is 11.5 Å². The SMILES string of the molecule is N#Cc1c(N)c(C#N)c(-c2ccccc2)c([N+](=O)[O-])c1N. The molecule has 0 radical (unpaired) electrons. The van der Waals surface area contributed by atoms with Gasteiger partial charge >= 0.3 is 5.69 Å². The van der Waals surface area contributed by atoms with Crippen LogP contribution in [0.15, 0.2) is 30.3 Å². The monoisotopic (exact) mass is 279 g/mol. The molecule has 0 unspecified atom stereocenters. The maximum Gasteiger partial charge on any atom is 0.302 e. The summed E-state index contributed by atoms with van der Waals surface area (Å²) in [6.07, 6.45) is 0. The van der Waals surface area contributed by atoms with Crippen molar-refractivity contribution in [2.45, 2.75) is 0 Å². The Balaban J connectivity index is 3.03. The smallest absolute Gasteiger partial charge is 0.302 e. The molecule has 0 aliphatic heterocycles. The van der Waals surface area contributed by atoms with E-state index in [-0.39, 0.29) is 28.1 Å². The van der Waals surface area contributed by atoms with E-state index in [1.807, 2.05) is 6.07 Å². The van der Waals surface area contributed by atoms with Gasteiger partial charge < -0.3 is 11.5 Å². The summed E-state index contributed by atoms with van der Waals surface area (Å²) < 4.78 is 0. The van der Waals surface area contributed by atoms with Crippen LogP contribution in [0.2, 0.25) is 0 Å². The standard InChI is InChI=1S/C14H9N5O2/c15-6-9-11(8-4-2-1-3-5-8)14(19(20)21)13(18)10(7-16)12(9)17/h1-5H,17-18H2. The Morgan fingerprint density at radius 2 is 1.57 bits per heavy atom. The van der Waals surface area contributed by atoms with Crippen LogP contribution in [0.25, 0.3) is 11.1 Å². The lowest BCUT2D eigenvalue weighted by Crippen LogP contribution is -2.07. The molecule has 0 bridgehead atoms. The minimum absolute atomic E-state index is 0.0251. The number of benzene rings is 2. The highest BCUT2D eigenvalue weighted by Gasteiger charge is 2.29. The zero-order valence-electron chi connectivity index (χ0n) is 10.7. The third-order valence-electron chi connectivity index (χ3n) is 3.02. The van der Waals surface area contributed by atoms with Crippen LogP contribution in [0, 0.1) is 32.8 Å². The normalized spacial score (nSPS) is 9.62. The van der Waals surface area contributed by atoms with Crippen LogP contribution in [0.5, 0.6) is 0 Å². The van der Waals surface area contributed by atoms with E-state index in [1.54, 1.807) is 36.4 Å². The number of nitrogen functional groups attached to an aromatic ring is 2. The van der Waals surface area contributed by atoms with Gasteiger partial charge in [-0.15, -0.1) is 0 Å². The van der Waals surface area contributed by atoms with Crippen LogP contribution in [-0.2, 0) is 0 Å². The lowest BCUT2D eigenvalue weighted by molar-refractivity contribution is -0.383. The van der Waals surface area contributed by atoms with Gasteiger partial charge in [0.2, 0.25) is 0 Å². The lowest BCUT2D eigenvalue weighted by atomic mass is 9.93. The van der Waals surface area contributed by atoms with Gasteiger partial charge in [0.25, 0.3) is 0 Å². The Kier molecular flexibility index (Phi) is 3.42. The molecule has 7 nitrogen and oxygen atoms in total. The van der Waals surface area contributed by atoms with Gasteiger partial charge in [0.15, 0.2) is 0 Å². The molecule has 0 atom stereocenters. The first-order chi connectivity index (χ1) is 10.0. The van der Waals surface area contributed by atoms with E-state index >= 15 is 0 Å². The van der Waals surface area contributed by atoms with Crippen molar-refractivity contribution < 1.29 is 4.92 Å². The number of rotatable bonds is 2. The molecule has 0 aliphatic rings. The quantitative estimate of drug-likeness (QED) is 0.489. The molecule has 21 heavy (non-hydrogen) atoms. The molecule has 0 aliphatic carbocycles. The predicted molar refractivity (Wildman–Crippen MR) is 76.8 cm³/mol. The van der Waals surface area contributed by atoms with E-state index in [0.29, 0.717) is 5.56 Å². The molecule has 0 aromatic heterocycles. The third-order valence-corrected chi connectivity index (χ3v) is 3.02. The molecule has 0 fully saturated rings. The second-order valence-corrected chi connectivity index (χ2v) is 4.15. The highest BCUT2D eigenvalue weighted by atomic mass is 16.6. The first kappa shape index (κ1) is 13.8. The summed E-state index contributed by atoms with van der Waals surface area (Å²) in [7, 11) is 0. The van der Waals surface area contributed by atoms with Crippen molar-refractivity contribution in [2.24, 2.45) is 0 Å². The molecule has 0 amide bonds. The maximum absolute atomic E-state index is 11.3. The predicted octanol–water partition coefficient (Wildman–Crippen LogP) is 2.17. The Morgan fingerprint density at radius 3 is 2.05 bits per heavy atom. The summed E-state index contributed by atoms with van der Waals surface area (Å²) in [4.78, 5) is 10.6. The van der Waals surface area contributed by atoms with Gasteiger partial charge in [-0.25, -0.2) is 0 Å². The first-order valence-electron chi connectivity index (χ1n) is 5.77. The first-order valence-corrected chi connectivity index (χ1v) is 5.77. The molecule has 0 heterocycles. The fourth-order valence-electron chi connectivity index (χ4n) is 2.09. The molecular formula is C14H9N5O2. The zero-order chi connectivity index (χ0) is 15.6. The number of nitro benzene ring substituents is 1. The number of nitrogens with zero attached hydrogens (tertiary/aromatic N) is 3. The number of nitro groups is 1. The number of nitriles is 2.